The van der Waals surface area contributed by atoms with Crippen molar-refractivity contribution in [3.8, 4) is 11.3 Å². The summed E-state index contributed by atoms with van der Waals surface area (Å²) in [6.45, 7) is 2.96. The lowest BCUT2D eigenvalue weighted by Crippen LogP contribution is -2.24. The average Bonchev–Trinajstić information content (AvgIpc) is 3.27. The maximum Gasteiger partial charge on any atom is 0.264 e. The van der Waals surface area contributed by atoms with Crippen LogP contribution in [0.1, 0.15) is 13.3 Å². The van der Waals surface area contributed by atoms with Gasteiger partial charge in [-0.15, -0.1) is 0 Å². The predicted molar refractivity (Wildman–Crippen MR) is 126 cm³/mol. The summed E-state index contributed by atoms with van der Waals surface area (Å²) in [4.78, 5) is 22.0. The van der Waals surface area contributed by atoms with E-state index in [-0.39, 0.29) is 23.0 Å². The van der Waals surface area contributed by atoms with Crippen LogP contribution in [-0.2, 0) is 21.6 Å². The van der Waals surface area contributed by atoms with Crippen molar-refractivity contribution in [2.24, 2.45) is 7.05 Å². The zero-order valence-electron chi connectivity index (χ0n) is 18.7. The monoisotopic (exact) mass is 473 g/mol. The number of aromatic nitrogens is 3. The Bertz CT molecular complexity index is 1350. The first-order valence-electron chi connectivity index (χ1n) is 10.6. The van der Waals surface area contributed by atoms with Gasteiger partial charge in [0.15, 0.2) is 9.84 Å². The van der Waals surface area contributed by atoms with Crippen LogP contribution in [0.15, 0.2) is 40.3 Å². The number of aryl methyl sites for hydroxylation is 1. The smallest absolute Gasteiger partial charge is 0.264 e. The van der Waals surface area contributed by atoms with Crippen molar-refractivity contribution in [3.63, 3.8) is 0 Å². The standard InChI is InChI=1S/C22H27N5O5S/c1-13(28)10-23-16-5-4-14(8-19(16)33(3,30)31)17-9-18-20(22(29)27(2)12-24-18)21(26-17)25-15-6-7-32-11-15/h4-5,8-9,12-13,15,23,28H,6-7,10-11H2,1-3H3,(H,25,26). The van der Waals surface area contributed by atoms with E-state index < -0.39 is 15.9 Å². The van der Waals surface area contributed by atoms with Crippen molar-refractivity contribution in [1.29, 1.82) is 0 Å². The lowest BCUT2D eigenvalue weighted by molar-refractivity contribution is 0.195. The summed E-state index contributed by atoms with van der Waals surface area (Å²) in [6.07, 6.45) is 2.73. The van der Waals surface area contributed by atoms with Crippen LogP contribution in [0.5, 0.6) is 0 Å². The summed E-state index contributed by atoms with van der Waals surface area (Å²) in [7, 11) is -1.94. The first kappa shape index (κ1) is 23.1. The molecule has 3 heterocycles. The molecule has 2 atom stereocenters. The second-order valence-corrected chi connectivity index (χ2v) is 10.3. The highest BCUT2D eigenvalue weighted by molar-refractivity contribution is 7.90. The highest BCUT2D eigenvalue weighted by Crippen LogP contribution is 2.31. The molecule has 1 aliphatic heterocycles. The van der Waals surface area contributed by atoms with E-state index in [1.54, 1.807) is 32.2 Å². The fourth-order valence-corrected chi connectivity index (χ4v) is 4.59. The summed E-state index contributed by atoms with van der Waals surface area (Å²) in [5.41, 5.74) is 1.68. The summed E-state index contributed by atoms with van der Waals surface area (Å²) < 4.78 is 31.8. The molecule has 11 heteroatoms. The number of aliphatic hydroxyl groups excluding tert-OH is 1. The third kappa shape index (κ3) is 5.00. The second-order valence-electron chi connectivity index (χ2n) is 8.33. The summed E-state index contributed by atoms with van der Waals surface area (Å²) in [5.74, 6) is 0.393. The number of pyridine rings is 1. The van der Waals surface area contributed by atoms with E-state index in [0.717, 1.165) is 12.7 Å². The van der Waals surface area contributed by atoms with Crippen LogP contribution >= 0.6 is 0 Å². The van der Waals surface area contributed by atoms with Gasteiger partial charge in [-0.25, -0.2) is 18.4 Å². The van der Waals surface area contributed by atoms with Crippen LogP contribution in [-0.4, -0.2) is 66.2 Å². The number of fused-ring (bicyclic) bond motifs is 1. The van der Waals surface area contributed by atoms with Gasteiger partial charge in [0.25, 0.3) is 5.56 Å². The fourth-order valence-electron chi connectivity index (χ4n) is 3.71. The average molecular weight is 474 g/mol. The van der Waals surface area contributed by atoms with Crippen LogP contribution in [0.3, 0.4) is 0 Å². The minimum absolute atomic E-state index is 0.0134. The molecule has 0 bridgehead atoms. The summed E-state index contributed by atoms with van der Waals surface area (Å²) in [6, 6.07) is 6.63. The molecule has 0 amide bonds. The van der Waals surface area contributed by atoms with Crippen LogP contribution in [0.25, 0.3) is 22.2 Å². The van der Waals surface area contributed by atoms with Gasteiger partial charge < -0.3 is 25.0 Å². The Hall–Kier alpha value is -3.02. The van der Waals surface area contributed by atoms with Gasteiger partial charge in [-0.05, 0) is 31.5 Å². The van der Waals surface area contributed by atoms with Crippen molar-refractivity contribution in [2.45, 2.75) is 30.4 Å². The van der Waals surface area contributed by atoms with Gasteiger partial charge in [0.05, 0.1) is 46.9 Å². The van der Waals surface area contributed by atoms with Crippen LogP contribution < -0.4 is 16.2 Å². The van der Waals surface area contributed by atoms with Crippen molar-refractivity contribution in [1.82, 2.24) is 14.5 Å². The number of sulfone groups is 1. The van der Waals surface area contributed by atoms with Gasteiger partial charge >= 0.3 is 0 Å². The molecule has 4 rings (SSSR count). The number of ether oxygens (including phenoxy) is 1. The lowest BCUT2D eigenvalue weighted by Gasteiger charge is -2.16. The normalized spacial score (nSPS) is 17.3. The van der Waals surface area contributed by atoms with Crippen molar-refractivity contribution in [3.05, 3.63) is 40.9 Å². The largest absolute Gasteiger partial charge is 0.392 e. The Labute approximate surface area is 191 Å². The maximum absolute atomic E-state index is 12.8. The van der Waals surface area contributed by atoms with Gasteiger partial charge in [0.2, 0.25) is 0 Å². The van der Waals surface area contributed by atoms with Crippen molar-refractivity contribution in [2.75, 3.05) is 36.6 Å². The quantitative estimate of drug-likeness (QED) is 0.465. The molecule has 2 aromatic heterocycles. The fraction of sp³-hybridized carbons (Fsp3) is 0.409. The Morgan fingerprint density at radius 3 is 2.79 bits per heavy atom. The number of hydrogen-bond donors (Lipinski definition) is 3. The number of hydrogen-bond acceptors (Lipinski definition) is 9. The Morgan fingerprint density at radius 1 is 1.33 bits per heavy atom. The molecule has 1 fully saturated rings. The van der Waals surface area contributed by atoms with E-state index in [9.17, 15) is 18.3 Å². The zero-order chi connectivity index (χ0) is 23.8. The third-order valence-corrected chi connectivity index (χ3v) is 6.57. The van der Waals surface area contributed by atoms with E-state index in [2.05, 4.69) is 20.6 Å². The molecule has 0 radical (unpaired) electrons. The second kappa shape index (κ2) is 9.08. The molecule has 33 heavy (non-hydrogen) atoms. The first-order valence-corrected chi connectivity index (χ1v) is 12.5. The molecule has 1 aliphatic rings. The lowest BCUT2D eigenvalue weighted by atomic mass is 10.1. The van der Waals surface area contributed by atoms with Crippen molar-refractivity contribution >= 4 is 32.2 Å². The molecule has 0 aliphatic carbocycles. The highest BCUT2D eigenvalue weighted by Gasteiger charge is 2.21. The molecule has 2 unspecified atom stereocenters. The van der Waals surface area contributed by atoms with Crippen LogP contribution in [0.4, 0.5) is 11.5 Å². The number of aliphatic hydroxyl groups is 1. The van der Waals surface area contributed by atoms with E-state index in [1.807, 2.05) is 0 Å². The molecule has 0 saturated carbocycles. The molecular weight excluding hydrogens is 446 g/mol. The van der Waals surface area contributed by atoms with E-state index in [0.29, 0.717) is 46.9 Å². The number of anilines is 2. The molecule has 1 saturated heterocycles. The topological polar surface area (TPSA) is 135 Å². The molecule has 176 valence electrons. The Balaban J connectivity index is 1.85. The van der Waals surface area contributed by atoms with Gasteiger partial charge in [-0.3, -0.25) is 4.79 Å². The maximum atomic E-state index is 12.8. The Morgan fingerprint density at radius 2 is 2.12 bits per heavy atom. The first-order chi connectivity index (χ1) is 15.6. The Kier molecular flexibility index (Phi) is 6.37. The molecule has 1 aromatic carbocycles. The number of rotatable bonds is 7. The van der Waals surface area contributed by atoms with Gasteiger partial charge in [0.1, 0.15) is 11.2 Å². The van der Waals surface area contributed by atoms with Crippen LogP contribution in [0.2, 0.25) is 0 Å². The number of benzene rings is 1. The van der Waals surface area contributed by atoms with Crippen molar-refractivity contribution < 1.29 is 18.3 Å². The molecule has 3 N–H and O–H groups in total. The van der Waals surface area contributed by atoms with Crippen LogP contribution in [0, 0.1) is 0 Å². The van der Waals surface area contributed by atoms with Gasteiger partial charge in [-0.1, -0.05) is 6.07 Å². The minimum atomic E-state index is -3.57. The SMILES string of the molecule is CC(O)CNc1ccc(-c2cc3ncn(C)c(=O)c3c(NC3CCOC3)n2)cc1S(C)(=O)=O. The summed E-state index contributed by atoms with van der Waals surface area (Å²) in [5, 5.41) is 16.2. The molecule has 0 spiro atoms. The van der Waals surface area contributed by atoms with E-state index in [1.165, 1.54) is 17.0 Å². The molecule has 10 nitrogen and oxygen atoms in total. The van der Waals surface area contributed by atoms with Gasteiger partial charge in [-0.2, -0.15) is 0 Å². The van der Waals surface area contributed by atoms with E-state index >= 15 is 0 Å². The highest BCUT2D eigenvalue weighted by atomic mass is 32.2. The minimum Gasteiger partial charge on any atom is -0.392 e. The van der Waals surface area contributed by atoms with Gasteiger partial charge in [0, 0.05) is 32.0 Å². The predicted octanol–water partition coefficient (Wildman–Crippen LogP) is 1.39. The number of nitrogens with one attached hydrogen (secondary N) is 2. The molecule has 3 aromatic rings. The third-order valence-electron chi connectivity index (χ3n) is 5.44. The van der Waals surface area contributed by atoms with E-state index in [4.69, 9.17) is 4.74 Å². The summed E-state index contributed by atoms with van der Waals surface area (Å²) >= 11 is 0. The number of nitrogens with zero attached hydrogens (tertiary/aromatic N) is 3. The zero-order valence-corrected chi connectivity index (χ0v) is 19.5. The molecular formula is C22H27N5O5S.